The standard InChI is InChI=1S/C17H16N2/c1-11-7-8-12(2)14(9-11)17-10-15(18)13-5-3-4-6-16(13)19-17/h3-10H,1-2H3,(H2,18,19). The van der Waals surface area contributed by atoms with Crippen LogP contribution < -0.4 is 5.73 Å². The molecule has 2 aromatic carbocycles. The summed E-state index contributed by atoms with van der Waals surface area (Å²) in [5, 5.41) is 1.01. The van der Waals surface area contributed by atoms with Crippen LogP contribution in [-0.4, -0.2) is 4.98 Å². The van der Waals surface area contributed by atoms with Gasteiger partial charge in [-0.2, -0.15) is 0 Å². The summed E-state index contributed by atoms with van der Waals surface area (Å²) in [4.78, 5) is 4.73. The summed E-state index contributed by atoms with van der Waals surface area (Å²) in [6, 6.07) is 16.3. The summed E-state index contributed by atoms with van der Waals surface area (Å²) in [5.74, 6) is 0. The Morgan fingerprint density at radius 2 is 1.74 bits per heavy atom. The van der Waals surface area contributed by atoms with E-state index in [0.29, 0.717) is 0 Å². The Balaban J connectivity index is 2.28. The van der Waals surface area contributed by atoms with Crippen molar-refractivity contribution in [3.8, 4) is 11.3 Å². The minimum absolute atomic E-state index is 0.779. The first-order chi connectivity index (χ1) is 9.15. The van der Waals surface area contributed by atoms with Gasteiger partial charge in [0.05, 0.1) is 11.2 Å². The smallest absolute Gasteiger partial charge is 0.0732 e. The zero-order valence-corrected chi connectivity index (χ0v) is 11.1. The maximum atomic E-state index is 6.14. The molecule has 0 aliphatic carbocycles. The molecule has 0 fully saturated rings. The Bertz CT molecular complexity index is 760. The molecule has 0 radical (unpaired) electrons. The number of hydrogen-bond acceptors (Lipinski definition) is 2. The van der Waals surface area contributed by atoms with Crippen molar-refractivity contribution < 1.29 is 0 Å². The van der Waals surface area contributed by atoms with Crippen molar-refractivity contribution in [2.45, 2.75) is 13.8 Å². The third kappa shape index (κ3) is 2.06. The molecule has 0 saturated heterocycles. The minimum atomic E-state index is 0.779. The normalized spacial score (nSPS) is 10.8. The topological polar surface area (TPSA) is 38.9 Å². The Morgan fingerprint density at radius 1 is 0.947 bits per heavy atom. The highest BCUT2D eigenvalue weighted by atomic mass is 14.7. The number of benzene rings is 2. The van der Waals surface area contributed by atoms with Gasteiger partial charge in [-0.25, -0.2) is 4.98 Å². The molecule has 0 amide bonds. The van der Waals surface area contributed by atoms with E-state index in [0.717, 1.165) is 27.8 Å². The van der Waals surface area contributed by atoms with Crippen molar-refractivity contribution in [3.63, 3.8) is 0 Å². The maximum Gasteiger partial charge on any atom is 0.0732 e. The number of nitrogen functional groups attached to an aromatic ring is 1. The van der Waals surface area contributed by atoms with Crippen LogP contribution >= 0.6 is 0 Å². The van der Waals surface area contributed by atoms with Crippen LogP contribution in [-0.2, 0) is 0 Å². The number of aromatic nitrogens is 1. The number of hydrogen-bond donors (Lipinski definition) is 1. The van der Waals surface area contributed by atoms with Crippen molar-refractivity contribution in [1.29, 1.82) is 0 Å². The van der Waals surface area contributed by atoms with E-state index in [9.17, 15) is 0 Å². The first-order valence-corrected chi connectivity index (χ1v) is 6.38. The van der Waals surface area contributed by atoms with Gasteiger partial charge in [0.25, 0.3) is 0 Å². The zero-order valence-electron chi connectivity index (χ0n) is 11.1. The van der Waals surface area contributed by atoms with E-state index in [1.54, 1.807) is 0 Å². The summed E-state index contributed by atoms with van der Waals surface area (Å²) in [5.41, 5.74) is 12.4. The van der Waals surface area contributed by atoms with Crippen LogP contribution in [0.1, 0.15) is 11.1 Å². The van der Waals surface area contributed by atoms with Crippen LogP contribution in [0.2, 0.25) is 0 Å². The van der Waals surface area contributed by atoms with Gasteiger partial charge in [0.2, 0.25) is 0 Å². The van der Waals surface area contributed by atoms with Crippen LogP contribution in [0.4, 0.5) is 5.69 Å². The molecule has 0 unspecified atom stereocenters. The second-order valence-electron chi connectivity index (χ2n) is 4.93. The highest BCUT2D eigenvalue weighted by molar-refractivity contribution is 5.92. The number of nitrogens with zero attached hydrogens (tertiary/aromatic N) is 1. The van der Waals surface area contributed by atoms with E-state index in [1.807, 2.05) is 30.3 Å². The lowest BCUT2D eigenvalue weighted by Gasteiger charge is -2.09. The molecule has 94 valence electrons. The molecule has 3 rings (SSSR count). The largest absolute Gasteiger partial charge is 0.398 e. The second kappa shape index (κ2) is 4.39. The lowest BCUT2D eigenvalue weighted by Crippen LogP contribution is -1.94. The third-order valence-electron chi connectivity index (χ3n) is 3.42. The van der Waals surface area contributed by atoms with E-state index in [-0.39, 0.29) is 0 Å². The molecule has 2 N–H and O–H groups in total. The van der Waals surface area contributed by atoms with Crippen LogP contribution in [0.3, 0.4) is 0 Å². The molecule has 2 heteroatoms. The van der Waals surface area contributed by atoms with Gasteiger partial charge >= 0.3 is 0 Å². The van der Waals surface area contributed by atoms with Gasteiger partial charge in [-0.1, -0.05) is 35.9 Å². The van der Waals surface area contributed by atoms with Gasteiger partial charge in [0.1, 0.15) is 0 Å². The average molecular weight is 248 g/mol. The third-order valence-corrected chi connectivity index (χ3v) is 3.42. The van der Waals surface area contributed by atoms with Crippen molar-refractivity contribution in [2.75, 3.05) is 5.73 Å². The lowest BCUT2D eigenvalue weighted by molar-refractivity contribution is 1.34. The van der Waals surface area contributed by atoms with Crippen LogP contribution in [0, 0.1) is 13.8 Å². The molecule has 3 aromatic rings. The molecule has 0 spiro atoms. The number of fused-ring (bicyclic) bond motifs is 1. The average Bonchev–Trinajstić information content (AvgIpc) is 2.41. The molecule has 2 nitrogen and oxygen atoms in total. The van der Waals surface area contributed by atoms with Crippen LogP contribution in [0.5, 0.6) is 0 Å². The molecule has 0 aliphatic rings. The fourth-order valence-electron chi connectivity index (χ4n) is 2.35. The fraction of sp³-hybridized carbons (Fsp3) is 0.118. The highest BCUT2D eigenvalue weighted by Crippen LogP contribution is 2.28. The molecule has 0 atom stereocenters. The van der Waals surface area contributed by atoms with Crippen molar-refractivity contribution in [1.82, 2.24) is 4.98 Å². The van der Waals surface area contributed by atoms with Gasteiger partial charge in [-0.15, -0.1) is 0 Å². The Hall–Kier alpha value is -2.35. The number of nitrogens with two attached hydrogens (primary N) is 1. The fourth-order valence-corrected chi connectivity index (χ4v) is 2.35. The molecule has 0 bridgehead atoms. The predicted octanol–water partition coefficient (Wildman–Crippen LogP) is 4.10. The second-order valence-corrected chi connectivity index (χ2v) is 4.93. The summed E-state index contributed by atoms with van der Waals surface area (Å²) in [6.45, 7) is 4.19. The Kier molecular flexibility index (Phi) is 2.71. The highest BCUT2D eigenvalue weighted by Gasteiger charge is 2.07. The van der Waals surface area contributed by atoms with E-state index in [1.165, 1.54) is 11.1 Å². The molecule has 19 heavy (non-hydrogen) atoms. The Morgan fingerprint density at radius 3 is 2.58 bits per heavy atom. The van der Waals surface area contributed by atoms with Gasteiger partial charge in [-0.05, 0) is 37.6 Å². The minimum Gasteiger partial charge on any atom is -0.398 e. The maximum absolute atomic E-state index is 6.14. The van der Waals surface area contributed by atoms with Gasteiger partial charge < -0.3 is 5.73 Å². The van der Waals surface area contributed by atoms with Crippen LogP contribution in [0.15, 0.2) is 48.5 Å². The number of anilines is 1. The van der Waals surface area contributed by atoms with Crippen molar-refractivity contribution >= 4 is 16.6 Å². The number of para-hydroxylation sites is 1. The first kappa shape index (κ1) is 11.7. The number of rotatable bonds is 1. The van der Waals surface area contributed by atoms with Gasteiger partial charge in [0, 0.05) is 16.6 Å². The zero-order chi connectivity index (χ0) is 13.4. The lowest BCUT2D eigenvalue weighted by atomic mass is 10.0. The number of aryl methyl sites for hydroxylation is 2. The van der Waals surface area contributed by atoms with Crippen molar-refractivity contribution in [2.24, 2.45) is 0 Å². The monoisotopic (exact) mass is 248 g/mol. The summed E-state index contributed by atoms with van der Waals surface area (Å²) in [7, 11) is 0. The molecule has 0 saturated carbocycles. The quantitative estimate of drug-likeness (QED) is 0.704. The molecule has 0 aliphatic heterocycles. The first-order valence-electron chi connectivity index (χ1n) is 6.38. The molecular weight excluding hydrogens is 232 g/mol. The van der Waals surface area contributed by atoms with Crippen molar-refractivity contribution in [3.05, 3.63) is 59.7 Å². The molecular formula is C17H16N2. The molecule has 1 aromatic heterocycles. The predicted molar refractivity (Wildman–Crippen MR) is 81.1 cm³/mol. The summed E-state index contributed by atoms with van der Waals surface area (Å²) in [6.07, 6.45) is 0. The van der Waals surface area contributed by atoms with E-state index in [2.05, 4.69) is 32.0 Å². The SMILES string of the molecule is Cc1ccc(C)c(-c2cc(N)c3ccccc3n2)c1. The number of pyridine rings is 1. The summed E-state index contributed by atoms with van der Waals surface area (Å²) >= 11 is 0. The van der Waals surface area contributed by atoms with Gasteiger partial charge in [0.15, 0.2) is 0 Å². The van der Waals surface area contributed by atoms with E-state index >= 15 is 0 Å². The molecule has 1 heterocycles. The van der Waals surface area contributed by atoms with Crippen LogP contribution in [0.25, 0.3) is 22.2 Å². The van der Waals surface area contributed by atoms with E-state index in [4.69, 9.17) is 10.7 Å². The van der Waals surface area contributed by atoms with E-state index < -0.39 is 0 Å². The van der Waals surface area contributed by atoms with Gasteiger partial charge in [-0.3, -0.25) is 0 Å². The Labute approximate surface area is 112 Å². The summed E-state index contributed by atoms with van der Waals surface area (Å²) < 4.78 is 0.